The maximum atomic E-state index is 11.8. The molecule has 0 spiro atoms. The van der Waals surface area contributed by atoms with Crippen molar-refractivity contribution in [1.29, 1.82) is 5.26 Å². The highest BCUT2D eigenvalue weighted by Crippen LogP contribution is 2.27. The minimum Gasteiger partial charge on any atom is -0.377 e. The van der Waals surface area contributed by atoms with Crippen molar-refractivity contribution in [3.8, 4) is 6.07 Å². The summed E-state index contributed by atoms with van der Waals surface area (Å²) in [6.07, 6.45) is 0. The molecule has 0 aliphatic carbocycles. The molecule has 0 unspecified atom stereocenters. The van der Waals surface area contributed by atoms with Gasteiger partial charge in [0.1, 0.15) is 0 Å². The normalized spacial score (nSPS) is 17.2. The van der Waals surface area contributed by atoms with Crippen molar-refractivity contribution in [3.63, 3.8) is 0 Å². The van der Waals surface area contributed by atoms with Crippen LogP contribution in [0.1, 0.15) is 10.4 Å². The zero-order valence-corrected chi connectivity index (χ0v) is 9.76. The second-order valence-corrected chi connectivity index (χ2v) is 4.90. The molecule has 1 aromatic heterocycles. The van der Waals surface area contributed by atoms with Gasteiger partial charge in [-0.1, -0.05) is 0 Å². The van der Waals surface area contributed by atoms with Gasteiger partial charge in [-0.15, -0.1) is 11.3 Å². The molecule has 0 saturated carbocycles. The fourth-order valence-corrected chi connectivity index (χ4v) is 2.31. The summed E-state index contributed by atoms with van der Waals surface area (Å²) < 4.78 is 4.93. The molecule has 5 heteroatoms. The molecular formula is C11H12N2O2S. The highest BCUT2D eigenvalue weighted by Gasteiger charge is 2.46. The number of ether oxygens (including phenoxy) is 1. The van der Waals surface area contributed by atoms with Crippen LogP contribution in [-0.4, -0.2) is 19.1 Å². The number of thiophene rings is 1. The van der Waals surface area contributed by atoms with Crippen molar-refractivity contribution in [2.75, 3.05) is 13.2 Å². The number of carbonyl (C=O) groups is 1. The summed E-state index contributed by atoms with van der Waals surface area (Å²) in [5.74, 6) is -0.228. The monoisotopic (exact) mass is 236 g/mol. The number of nitrogens with zero attached hydrogens (tertiary/aromatic N) is 1. The Hall–Kier alpha value is -1.38. The van der Waals surface area contributed by atoms with E-state index in [0.717, 1.165) is 4.88 Å². The van der Waals surface area contributed by atoms with Crippen molar-refractivity contribution in [2.45, 2.75) is 13.5 Å². The average molecular weight is 236 g/mol. The van der Waals surface area contributed by atoms with E-state index in [4.69, 9.17) is 10.00 Å². The number of rotatable bonds is 3. The Kier molecular flexibility index (Phi) is 2.95. The van der Waals surface area contributed by atoms with Gasteiger partial charge < -0.3 is 10.1 Å². The Labute approximate surface area is 97.8 Å². The zero-order valence-electron chi connectivity index (χ0n) is 8.95. The van der Waals surface area contributed by atoms with E-state index in [0.29, 0.717) is 6.54 Å². The molecule has 1 aliphatic heterocycles. The number of amides is 1. The van der Waals surface area contributed by atoms with Gasteiger partial charge in [-0.05, 0) is 23.9 Å². The first kappa shape index (κ1) is 11.1. The fraction of sp³-hybridized carbons (Fsp3) is 0.455. The van der Waals surface area contributed by atoms with E-state index in [2.05, 4.69) is 5.32 Å². The Morgan fingerprint density at radius 3 is 2.94 bits per heavy atom. The van der Waals surface area contributed by atoms with E-state index < -0.39 is 5.41 Å². The van der Waals surface area contributed by atoms with Crippen LogP contribution in [0.3, 0.4) is 0 Å². The Bertz CT molecular complexity index is 443. The van der Waals surface area contributed by atoms with Crippen LogP contribution in [0.25, 0.3) is 0 Å². The number of nitriles is 1. The van der Waals surface area contributed by atoms with Crippen molar-refractivity contribution >= 4 is 17.2 Å². The van der Waals surface area contributed by atoms with Crippen molar-refractivity contribution in [3.05, 3.63) is 21.9 Å². The fourth-order valence-electron chi connectivity index (χ4n) is 1.47. The third-order valence-electron chi connectivity index (χ3n) is 2.72. The summed E-state index contributed by atoms with van der Waals surface area (Å²) in [6, 6.07) is 4.04. The standard InChI is InChI=1S/C11H12N2O2S/c1-8-2-3-16-9(8)4-13-10(14)11(5-12)6-15-7-11/h2-3H,4,6-7H2,1H3,(H,13,14). The molecule has 0 aromatic carbocycles. The summed E-state index contributed by atoms with van der Waals surface area (Å²) in [6.45, 7) is 2.91. The Morgan fingerprint density at radius 2 is 2.50 bits per heavy atom. The first-order chi connectivity index (χ1) is 7.68. The summed E-state index contributed by atoms with van der Waals surface area (Å²) in [7, 11) is 0. The maximum Gasteiger partial charge on any atom is 0.245 e. The quantitative estimate of drug-likeness (QED) is 0.858. The van der Waals surface area contributed by atoms with Crippen LogP contribution in [0.15, 0.2) is 11.4 Å². The Balaban J connectivity index is 1.94. The van der Waals surface area contributed by atoms with Gasteiger partial charge in [-0.2, -0.15) is 5.26 Å². The van der Waals surface area contributed by atoms with Crippen molar-refractivity contribution in [2.24, 2.45) is 5.41 Å². The average Bonchev–Trinajstić information content (AvgIpc) is 2.60. The van der Waals surface area contributed by atoms with Gasteiger partial charge in [0, 0.05) is 4.88 Å². The molecule has 4 nitrogen and oxygen atoms in total. The predicted molar refractivity (Wildman–Crippen MR) is 59.8 cm³/mol. The van der Waals surface area contributed by atoms with Crippen LogP contribution >= 0.6 is 11.3 Å². The van der Waals surface area contributed by atoms with Gasteiger partial charge in [0.15, 0.2) is 5.41 Å². The van der Waals surface area contributed by atoms with Crippen LogP contribution in [0.2, 0.25) is 0 Å². The summed E-state index contributed by atoms with van der Waals surface area (Å²) in [4.78, 5) is 12.9. The van der Waals surface area contributed by atoms with Crippen LogP contribution in [0.5, 0.6) is 0 Å². The zero-order chi connectivity index (χ0) is 11.6. The highest BCUT2D eigenvalue weighted by atomic mass is 32.1. The minimum atomic E-state index is -0.953. The molecule has 0 atom stereocenters. The van der Waals surface area contributed by atoms with Gasteiger partial charge in [-0.3, -0.25) is 4.79 Å². The summed E-state index contributed by atoms with van der Waals surface area (Å²) >= 11 is 1.61. The van der Waals surface area contributed by atoms with E-state index in [-0.39, 0.29) is 19.1 Å². The molecule has 1 N–H and O–H groups in total. The van der Waals surface area contributed by atoms with Gasteiger partial charge in [-0.25, -0.2) is 0 Å². The van der Waals surface area contributed by atoms with Gasteiger partial charge in [0.05, 0.1) is 25.8 Å². The SMILES string of the molecule is Cc1ccsc1CNC(=O)C1(C#N)COC1. The number of hydrogen-bond donors (Lipinski definition) is 1. The van der Waals surface area contributed by atoms with E-state index in [1.807, 2.05) is 24.4 Å². The number of nitrogens with one attached hydrogen (secondary N) is 1. The van der Waals surface area contributed by atoms with Crippen LogP contribution in [0, 0.1) is 23.7 Å². The second-order valence-electron chi connectivity index (χ2n) is 3.90. The molecule has 84 valence electrons. The van der Waals surface area contributed by atoms with Crippen molar-refractivity contribution in [1.82, 2.24) is 5.32 Å². The van der Waals surface area contributed by atoms with Crippen molar-refractivity contribution < 1.29 is 9.53 Å². The number of aryl methyl sites for hydroxylation is 1. The van der Waals surface area contributed by atoms with E-state index >= 15 is 0 Å². The Morgan fingerprint density at radius 1 is 1.75 bits per heavy atom. The number of carbonyl (C=O) groups excluding carboxylic acids is 1. The van der Waals surface area contributed by atoms with E-state index in [1.54, 1.807) is 11.3 Å². The smallest absolute Gasteiger partial charge is 0.245 e. The molecule has 0 bridgehead atoms. The van der Waals surface area contributed by atoms with Gasteiger partial charge in [0.25, 0.3) is 0 Å². The molecule has 16 heavy (non-hydrogen) atoms. The lowest BCUT2D eigenvalue weighted by Crippen LogP contribution is -2.52. The molecule has 1 fully saturated rings. The van der Waals surface area contributed by atoms with Crippen LogP contribution in [-0.2, 0) is 16.1 Å². The molecular weight excluding hydrogens is 224 g/mol. The number of hydrogen-bond acceptors (Lipinski definition) is 4. The lowest BCUT2D eigenvalue weighted by molar-refractivity contribution is -0.150. The van der Waals surface area contributed by atoms with Gasteiger partial charge >= 0.3 is 0 Å². The third-order valence-corrected chi connectivity index (χ3v) is 3.75. The first-order valence-electron chi connectivity index (χ1n) is 4.98. The molecule has 0 radical (unpaired) electrons. The largest absolute Gasteiger partial charge is 0.377 e. The van der Waals surface area contributed by atoms with Gasteiger partial charge in [0.2, 0.25) is 5.91 Å². The topological polar surface area (TPSA) is 62.1 Å². The maximum absolute atomic E-state index is 11.8. The molecule has 2 rings (SSSR count). The molecule has 1 saturated heterocycles. The third kappa shape index (κ3) is 1.82. The molecule has 1 aliphatic rings. The predicted octanol–water partition coefficient (Wildman–Crippen LogP) is 1.21. The second kappa shape index (κ2) is 4.24. The molecule has 1 aromatic rings. The summed E-state index contributed by atoms with van der Waals surface area (Å²) in [5, 5.41) is 13.7. The van der Waals surface area contributed by atoms with Crippen LogP contribution < -0.4 is 5.32 Å². The first-order valence-corrected chi connectivity index (χ1v) is 5.86. The minimum absolute atomic E-state index is 0.207. The van der Waals surface area contributed by atoms with Crippen LogP contribution in [0.4, 0.5) is 0 Å². The lowest BCUT2D eigenvalue weighted by atomic mass is 9.87. The van der Waals surface area contributed by atoms with E-state index in [1.165, 1.54) is 5.56 Å². The van der Waals surface area contributed by atoms with E-state index in [9.17, 15) is 4.79 Å². The highest BCUT2D eigenvalue weighted by molar-refractivity contribution is 7.10. The molecule has 1 amide bonds. The molecule has 2 heterocycles. The summed E-state index contributed by atoms with van der Waals surface area (Å²) in [5.41, 5.74) is 0.215. The lowest BCUT2D eigenvalue weighted by Gasteiger charge is -2.33.